The standard InChI is InChI=1S/C11H12N2O2/c14-12-10-6-2-1-3-5-4(2)8(10)9(5)11(13-15)7(3)6/h2-9,14-15H,1H2/b12-10-,13-11+/t2-,3+,4+,5-,6+,7-,8+,9+/m1/s1. The Morgan fingerprint density at radius 1 is 0.800 bits per heavy atom. The van der Waals surface area contributed by atoms with Gasteiger partial charge in [-0.25, -0.2) is 0 Å². The van der Waals surface area contributed by atoms with Gasteiger partial charge < -0.3 is 10.4 Å². The molecule has 0 aromatic carbocycles. The predicted molar refractivity (Wildman–Crippen MR) is 51.0 cm³/mol. The van der Waals surface area contributed by atoms with Gasteiger partial charge in [-0.15, -0.1) is 0 Å². The third kappa shape index (κ3) is 0.446. The normalized spacial score (nSPS) is 71.2. The predicted octanol–water partition coefficient (Wildman–Crippen LogP) is 1.03. The van der Waals surface area contributed by atoms with Crippen molar-refractivity contribution in [1.29, 1.82) is 0 Å². The number of oxime groups is 2. The van der Waals surface area contributed by atoms with Gasteiger partial charge in [0.05, 0.1) is 11.4 Å². The van der Waals surface area contributed by atoms with E-state index in [-0.39, 0.29) is 0 Å². The maximum absolute atomic E-state index is 9.13. The monoisotopic (exact) mass is 204 g/mol. The molecule has 15 heavy (non-hydrogen) atoms. The second-order valence-electron chi connectivity index (χ2n) is 5.87. The van der Waals surface area contributed by atoms with E-state index in [0.717, 1.165) is 35.1 Å². The molecule has 0 aromatic rings. The van der Waals surface area contributed by atoms with E-state index in [1.807, 2.05) is 0 Å². The molecule has 78 valence electrons. The fraction of sp³-hybridized carbons (Fsp3) is 0.818. The molecule has 5 fully saturated rings. The van der Waals surface area contributed by atoms with Crippen LogP contribution < -0.4 is 0 Å². The lowest BCUT2D eigenvalue weighted by Gasteiger charge is -2.44. The molecule has 0 spiro atoms. The molecule has 0 aliphatic heterocycles. The van der Waals surface area contributed by atoms with Crippen LogP contribution in [0, 0.1) is 47.3 Å². The summed E-state index contributed by atoms with van der Waals surface area (Å²) in [5.74, 6) is 4.76. The molecule has 0 heterocycles. The van der Waals surface area contributed by atoms with Gasteiger partial charge in [0, 0.05) is 23.7 Å². The smallest absolute Gasteiger partial charge is 0.0651 e. The molecule has 5 saturated carbocycles. The van der Waals surface area contributed by atoms with Crippen molar-refractivity contribution in [3.05, 3.63) is 0 Å². The van der Waals surface area contributed by atoms with E-state index in [4.69, 9.17) is 10.4 Å². The number of rotatable bonds is 0. The summed E-state index contributed by atoms with van der Waals surface area (Å²) in [5.41, 5.74) is 2.09. The van der Waals surface area contributed by atoms with Gasteiger partial charge >= 0.3 is 0 Å². The summed E-state index contributed by atoms with van der Waals surface area (Å²) in [6.45, 7) is 0. The van der Waals surface area contributed by atoms with E-state index in [9.17, 15) is 0 Å². The highest BCUT2D eigenvalue weighted by Crippen LogP contribution is 2.80. The second-order valence-corrected chi connectivity index (χ2v) is 5.87. The fourth-order valence-electron chi connectivity index (χ4n) is 6.13. The molecule has 2 bridgehead atoms. The zero-order valence-corrected chi connectivity index (χ0v) is 8.11. The van der Waals surface area contributed by atoms with Crippen LogP contribution in [-0.4, -0.2) is 21.8 Å². The van der Waals surface area contributed by atoms with Crippen molar-refractivity contribution < 1.29 is 10.4 Å². The molecule has 5 rings (SSSR count). The van der Waals surface area contributed by atoms with Crippen LogP contribution in [0.1, 0.15) is 6.42 Å². The van der Waals surface area contributed by atoms with Gasteiger partial charge in [-0.3, -0.25) is 0 Å². The van der Waals surface area contributed by atoms with E-state index in [1.165, 1.54) is 6.42 Å². The summed E-state index contributed by atoms with van der Waals surface area (Å²) in [7, 11) is 0. The highest BCUT2D eigenvalue weighted by Gasteiger charge is 2.82. The molecule has 0 amide bonds. The number of fused-ring (bicyclic) bond motifs is 2. The average Bonchev–Trinajstić information content (AvgIpc) is 2.73. The van der Waals surface area contributed by atoms with Crippen LogP contribution in [0.3, 0.4) is 0 Å². The molecule has 0 radical (unpaired) electrons. The first-order valence-electron chi connectivity index (χ1n) is 5.82. The second kappa shape index (κ2) is 1.81. The Morgan fingerprint density at radius 3 is 1.67 bits per heavy atom. The Morgan fingerprint density at radius 2 is 1.27 bits per heavy atom. The lowest BCUT2D eigenvalue weighted by atomic mass is 9.59. The minimum Gasteiger partial charge on any atom is -0.411 e. The molecule has 0 saturated heterocycles. The van der Waals surface area contributed by atoms with Crippen molar-refractivity contribution >= 4 is 11.4 Å². The fourth-order valence-corrected chi connectivity index (χ4v) is 6.13. The summed E-state index contributed by atoms with van der Waals surface area (Å²) < 4.78 is 0. The quantitative estimate of drug-likeness (QED) is 0.457. The summed E-state index contributed by atoms with van der Waals surface area (Å²) in [4.78, 5) is 0. The highest BCUT2D eigenvalue weighted by molar-refractivity contribution is 6.10. The molecule has 0 aromatic heterocycles. The lowest BCUT2D eigenvalue weighted by Crippen LogP contribution is -2.48. The number of hydrogen-bond donors (Lipinski definition) is 2. The van der Waals surface area contributed by atoms with Crippen molar-refractivity contribution in [1.82, 2.24) is 0 Å². The first-order valence-corrected chi connectivity index (χ1v) is 5.82. The molecule has 4 heteroatoms. The van der Waals surface area contributed by atoms with Gasteiger partial charge in [-0.1, -0.05) is 10.3 Å². The zero-order valence-electron chi connectivity index (χ0n) is 8.11. The van der Waals surface area contributed by atoms with Gasteiger partial charge in [0.25, 0.3) is 0 Å². The van der Waals surface area contributed by atoms with Crippen molar-refractivity contribution in [2.75, 3.05) is 0 Å². The van der Waals surface area contributed by atoms with Gasteiger partial charge in [-0.2, -0.15) is 0 Å². The van der Waals surface area contributed by atoms with Gasteiger partial charge in [0.15, 0.2) is 0 Å². The van der Waals surface area contributed by atoms with E-state index >= 15 is 0 Å². The van der Waals surface area contributed by atoms with Crippen LogP contribution in [0.15, 0.2) is 10.3 Å². The average molecular weight is 204 g/mol. The van der Waals surface area contributed by atoms with Crippen LogP contribution in [0.4, 0.5) is 0 Å². The van der Waals surface area contributed by atoms with Crippen LogP contribution in [0.5, 0.6) is 0 Å². The number of nitrogens with zero attached hydrogens (tertiary/aromatic N) is 2. The molecule has 5 aliphatic rings. The third-order valence-corrected chi connectivity index (χ3v) is 6.10. The Hall–Kier alpha value is -1.06. The molecule has 0 unspecified atom stereocenters. The van der Waals surface area contributed by atoms with E-state index in [0.29, 0.717) is 23.7 Å². The Kier molecular flexibility index (Phi) is 0.874. The van der Waals surface area contributed by atoms with Gasteiger partial charge in [0.1, 0.15) is 0 Å². The third-order valence-electron chi connectivity index (χ3n) is 6.10. The zero-order chi connectivity index (χ0) is 9.89. The Labute approximate surface area is 86.6 Å². The van der Waals surface area contributed by atoms with Crippen LogP contribution in [0.2, 0.25) is 0 Å². The maximum atomic E-state index is 9.13. The maximum Gasteiger partial charge on any atom is 0.0651 e. The first kappa shape index (κ1) is 7.25. The molecule has 2 N–H and O–H groups in total. The first-order chi connectivity index (χ1) is 7.38. The summed E-state index contributed by atoms with van der Waals surface area (Å²) in [6, 6.07) is 0. The summed E-state index contributed by atoms with van der Waals surface area (Å²) in [6.07, 6.45) is 1.29. The van der Waals surface area contributed by atoms with Crippen LogP contribution in [0.25, 0.3) is 0 Å². The van der Waals surface area contributed by atoms with E-state index in [2.05, 4.69) is 10.3 Å². The Balaban J connectivity index is 1.83. The van der Waals surface area contributed by atoms with Crippen molar-refractivity contribution in [3.8, 4) is 0 Å². The van der Waals surface area contributed by atoms with Crippen LogP contribution in [-0.2, 0) is 0 Å². The minimum absolute atomic E-state index is 0.427. The molecule has 5 aliphatic carbocycles. The Bertz CT molecular complexity index is 400. The SMILES string of the molecule is O/N=C1\[C@@H]2[C@H]3/C(=N/O)[C@@H]4[C@H]5C[C@@H]([C@H]14)[C@H]2[C@@H]53. The van der Waals surface area contributed by atoms with E-state index < -0.39 is 0 Å². The van der Waals surface area contributed by atoms with Gasteiger partial charge in [-0.05, 0) is 30.1 Å². The largest absolute Gasteiger partial charge is 0.411 e. The van der Waals surface area contributed by atoms with Gasteiger partial charge in [0.2, 0.25) is 0 Å². The lowest BCUT2D eigenvalue weighted by molar-refractivity contribution is 0.0644. The van der Waals surface area contributed by atoms with Crippen molar-refractivity contribution in [2.24, 2.45) is 57.7 Å². The highest BCUT2D eigenvalue weighted by atomic mass is 16.4. The molecule has 4 nitrogen and oxygen atoms in total. The van der Waals surface area contributed by atoms with Crippen molar-refractivity contribution in [2.45, 2.75) is 6.42 Å². The van der Waals surface area contributed by atoms with Crippen molar-refractivity contribution in [3.63, 3.8) is 0 Å². The molecule has 8 atom stereocenters. The number of hydrogen-bond acceptors (Lipinski definition) is 4. The van der Waals surface area contributed by atoms with Crippen LogP contribution >= 0.6 is 0 Å². The minimum atomic E-state index is 0.427. The molecular formula is C11H12N2O2. The summed E-state index contributed by atoms with van der Waals surface area (Å²) >= 11 is 0. The molecular weight excluding hydrogens is 192 g/mol. The summed E-state index contributed by atoms with van der Waals surface area (Å²) in [5, 5.41) is 25.4. The topological polar surface area (TPSA) is 65.2 Å². The van der Waals surface area contributed by atoms with E-state index in [1.54, 1.807) is 0 Å².